The van der Waals surface area contributed by atoms with Crippen LogP contribution in [0.4, 0.5) is 5.69 Å². The summed E-state index contributed by atoms with van der Waals surface area (Å²) in [6.07, 6.45) is 2.57. The molecule has 112 valence electrons. The van der Waals surface area contributed by atoms with Crippen molar-refractivity contribution in [1.29, 1.82) is 0 Å². The Bertz CT molecular complexity index is 556. The van der Waals surface area contributed by atoms with Crippen LogP contribution in [-0.4, -0.2) is 42.2 Å². The number of anilines is 1. The topological polar surface area (TPSA) is 69.4 Å². The lowest BCUT2D eigenvalue weighted by atomic mass is 9.85. The molecule has 6 nitrogen and oxygen atoms in total. The molecule has 0 spiro atoms. The van der Waals surface area contributed by atoms with E-state index in [2.05, 4.69) is 15.5 Å². The number of benzene rings is 1. The van der Waals surface area contributed by atoms with Crippen molar-refractivity contribution < 1.29 is 13.9 Å². The molecule has 1 saturated carbocycles. The predicted octanol–water partition coefficient (Wildman–Crippen LogP) is 2.34. The fourth-order valence-electron chi connectivity index (χ4n) is 2.64. The molecule has 1 aliphatic rings. The van der Waals surface area contributed by atoms with Gasteiger partial charge in [-0.25, -0.2) is 0 Å². The Morgan fingerprint density at radius 1 is 1.33 bits per heavy atom. The van der Waals surface area contributed by atoms with E-state index < -0.39 is 0 Å². The van der Waals surface area contributed by atoms with Gasteiger partial charge in [0.25, 0.3) is 0 Å². The Morgan fingerprint density at radius 2 is 2.14 bits per heavy atom. The van der Waals surface area contributed by atoms with E-state index in [0.717, 1.165) is 24.3 Å². The van der Waals surface area contributed by atoms with E-state index in [0.29, 0.717) is 5.89 Å². The third kappa shape index (κ3) is 2.91. The van der Waals surface area contributed by atoms with E-state index in [1.54, 1.807) is 7.11 Å². The first kappa shape index (κ1) is 14.0. The lowest BCUT2D eigenvalue weighted by molar-refractivity contribution is -0.118. The molecule has 0 radical (unpaired) electrons. The van der Waals surface area contributed by atoms with Crippen molar-refractivity contribution in [3.05, 3.63) is 30.7 Å². The van der Waals surface area contributed by atoms with Gasteiger partial charge >= 0.3 is 0 Å². The Morgan fingerprint density at radius 3 is 2.76 bits per heavy atom. The van der Waals surface area contributed by atoms with Gasteiger partial charge in [-0.05, 0) is 37.6 Å². The van der Waals surface area contributed by atoms with Crippen molar-refractivity contribution in [2.45, 2.75) is 31.6 Å². The molecule has 0 amide bonds. The molecular weight excluding hydrogens is 270 g/mol. The summed E-state index contributed by atoms with van der Waals surface area (Å²) in [5, 5.41) is 11.0. The lowest BCUT2D eigenvalue weighted by Crippen LogP contribution is -2.56. The normalized spacial score (nSPS) is 24.6. The molecular formula is C15H19N3O3. The van der Waals surface area contributed by atoms with E-state index in [1.807, 2.05) is 31.2 Å². The summed E-state index contributed by atoms with van der Waals surface area (Å²) in [4.78, 5) is 0. The smallest absolute Gasteiger partial charge is 0.247 e. The molecule has 21 heavy (non-hydrogen) atoms. The highest BCUT2D eigenvalue weighted by Gasteiger charge is 2.42. The number of hydrogen-bond acceptors (Lipinski definition) is 6. The molecule has 1 heterocycles. The highest BCUT2D eigenvalue weighted by Crippen LogP contribution is 2.30. The summed E-state index contributed by atoms with van der Waals surface area (Å²) in [5.41, 5.74) is 1.95. The highest BCUT2D eigenvalue weighted by molar-refractivity contribution is 5.58. The Hall–Kier alpha value is -1.92. The summed E-state index contributed by atoms with van der Waals surface area (Å²) in [5.74, 6) is 0.524. The average Bonchev–Trinajstić information content (AvgIpc) is 3.01. The standard InChI is InChI=1S/C15H19N3O3/c1-3-20-13-8-12(14(13)19-2)17-11-6-4-10(5-7-11)15-18-16-9-21-15/h4-7,9,12-14,17H,3,8H2,1-2H3. The second-order valence-electron chi connectivity index (χ2n) is 5.00. The maximum absolute atomic E-state index is 5.62. The van der Waals surface area contributed by atoms with E-state index >= 15 is 0 Å². The largest absolute Gasteiger partial charge is 0.423 e. The van der Waals surface area contributed by atoms with Crippen LogP contribution in [0.3, 0.4) is 0 Å². The fourth-order valence-corrected chi connectivity index (χ4v) is 2.64. The molecule has 6 heteroatoms. The van der Waals surface area contributed by atoms with E-state index in [4.69, 9.17) is 13.9 Å². The van der Waals surface area contributed by atoms with Gasteiger partial charge in [-0.3, -0.25) is 0 Å². The van der Waals surface area contributed by atoms with Crippen LogP contribution in [0.15, 0.2) is 35.1 Å². The predicted molar refractivity (Wildman–Crippen MR) is 78.0 cm³/mol. The van der Waals surface area contributed by atoms with Gasteiger partial charge in [-0.1, -0.05) is 0 Å². The van der Waals surface area contributed by atoms with Crippen molar-refractivity contribution >= 4 is 5.69 Å². The van der Waals surface area contributed by atoms with Crippen molar-refractivity contribution in [3.63, 3.8) is 0 Å². The number of ether oxygens (including phenoxy) is 2. The number of nitrogens with zero attached hydrogens (tertiary/aromatic N) is 2. The summed E-state index contributed by atoms with van der Waals surface area (Å²) < 4.78 is 16.3. The second kappa shape index (κ2) is 6.24. The van der Waals surface area contributed by atoms with Gasteiger partial charge in [0, 0.05) is 25.0 Å². The molecule has 1 aromatic carbocycles. The monoisotopic (exact) mass is 289 g/mol. The van der Waals surface area contributed by atoms with Crippen LogP contribution < -0.4 is 5.32 Å². The van der Waals surface area contributed by atoms with Crippen LogP contribution in [0, 0.1) is 0 Å². The number of hydrogen-bond donors (Lipinski definition) is 1. The average molecular weight is 289 g/mol. The molecule has 2 aromatic rings. The molecule has 1 aromatic heterocycles. The molecule has 1 N–H and O–H groups in total. The van der Waals surface area contributed by atoms with E-state index in [-0.39, 0.29) is 18.2 Å². The molecule has 0 bridgehead atoms. The molecule has 3 atom stereocenters. The third-order valence-electron chi connectivity index (χ3n) is 3.75. The van der Waals surface area contributed by atoms with Gasteiger partial charge in [0.1, 0.15) is 6.10 Å². The minimum Gasteiger partial charge on any atom is -0.423 e. The summed E-state index contributed by atoms with van der Waals surface area (Å²) in [6.45, 7) is 2.72. The zero-order valence-corrected chi connectivity index (χ0v) is 12.2. The van der Waals surface area contributed by atoms with Gasteiger partial charge < -0.3 is 19.2 Å². The summed E-state index contributed by atoms with van der Waals surface area (Å²) in [7, 11) is 1.73. The van der Waals surface area contributed by atoms with Crippen LogP contribution in [0.25, 0.3) is 11.5 Å². The van der Waals surface area contributed by atoms with Gasteiger partial charge in [-0.15, -0.1) is 10.2 Å². The first-order chi connectivity index (χ1) is 10.3. The molecule has 1 aliphatic carbocycles. The second-order valence-corrected chi connectivity index (χ2v) is 5.00. The number of methoxy groups -OCH3 is 1. The van der Waals surface area contributed by atoms with E-state index in [9.17, 15) is 0 Å². The lowest BCUT2D eigenvalue weighted by Gasteiger charge is -2.43. The highest BCUT2D eigenvalue weighted by atomic mass is 16.5. The third-order valence-corrected chi connectivity index (χ3v) is 3.75. The van der Waals surface area contributed by atoms with Crippen LogP contribution in [0.2, 0.25) is 0 Å². The summed E-state index contributed by atoms with van der Waals surface area (Å²) in [6, 6.07) is 8.19. The van der Waals surface area contributed by atoms with Crippen LogP contribution >= 0.6 is 0 Å². The first-order valence-corrected chi connectivity index (χ1v) is 7.09. The first-order valence-electron chi connectivity index (χ1n) is 7.09. The Balaban J connectivity index is 1.61. The zero-order valence-electron chi connectivity index (χ0n) is 12.2. The molecule has 3 rings (SSSR count). The van der Waals surface area contributed by atoms with Crippen LogP contribution in [-0.2, 0) is 9.47 Å². The number of nitrogens with one attached hydrogen (secondary N) is 1. The van der Waals surface area contributed by atoms with E-state index in [1.165, 1.54) is 6.39 Å². The zero-order chi connectivity index (χ0) is 14.7. The van der Waals surface area contributed by atoms with Crippen molar-refractivity contribution in [3.8, 4) is 11.5 Å². The Labute approximate surface area is 123 Å². The van der Waals surface area contributed by atoms with Crippen molar-refractivity contribution in [1.82, 2.24) is 10.2 Å². The number of aromatic nitrogens is 2. The van der Waals surface area contributed by atoms with Gasteiger partial charge in [-0.2, -0.15) is 0 Å². The SMILES string of the molecule is CCOC1CC(Nc2ccc(-c3nnco3)cc2)C1OC. The minimum atomic E-state index is 0.0977. The van der Waals surface area contributed by atoms with Gasteiger partial charge in [0.2, 0.25) is 12.3 Å². The summed E-state index contributed by atoms with van der Waals surface area (Å²) >= 11 is 0. The quantitative estimate of drug-likeness (QED) is 0.880. The fraction of sp³-hybridized carbons (Fsp3) is 0.467. The maximum atomic E-state index is 5.62. The molecule has 0 saturated heterocycles. The number of rotatable bonds is 6. The van der Waals surface area contributed by atoms with Crippen LogP contribution in [0.1, 0.15) is 13.3 Å². The van der Waals surface area contributed by atoms with Gasteiger partial charge in [0.15, 0.2) is 0 Å². The van der Waals surface area contributed by atoms with Crippen molar-refractivity contribution in [2.24, 2.45) is 0 Å². The molecule has 0 aliphatic heterocycles. The maximum Gasteiger partial charge on any atom is 0.247 e. The van der Waals surface area contributed by atoms with Gasteiger partial charge in [0.05, 0.1) is 12.1 Å². The molecule has 1 fully saturated rings. The molecule has 3 unspecified atom stereocenters. The van der Waals surface area contributed by atoms with Crippen LogP contribution in [0.5, 0.6) is 0 Å². The minimum absolute atomic E-state index is 0.0977. The van der Waals surface area contributed by atoms with Crippen molar-refractivity contribution in [2.75, 3.05) is 19.0 Å². The Kier molecular flexibility index (Phi) is 4.17.